The van der Waals surface area contributed by atoms with E-state index in [1.807, 2.05) is 38.1 Å². The number of nitrogens with one attached hydrogen (secondary N) is 1. The molecule has 0 radical (unpaired) electrons. The minimum Gasteiger partial charge on any atom is -0.464 e. The van der Waals surface area contributed by atoms with Crippen LogP contribution in [0.25, 0.3) is 0 Å². The van der Waals surface area contributed by atoms with E-state index in [0.717, 1.165) is 11.3 Å². The van der Waals surface area contributed by atoms with Crippen LogP contribution in [0.15, 0.2) is 59.1 Å². The van der Waals surface area contributed by atoms with E-state index < -0.39 is 0 Å². The van der Waals surface area contributed by atoms with Gasteiger partial charge in [0.1, 0.15) is 17.3 Å². The van der Waals surface area contributed by atoms with Gasteiger partial charge < -0.3 is 9.73 Å². The number of aromatic nitrogens is 1. The lowest BCUT2D eigenvalue weighted by Crippen LogP contribution is -2.35. The van der Waals surface area contributed by atoms with E-state index in [2.05, 4.69) is 10.3 Å². The van der Waals surface area contributed by atoms with Gasteiger partial charge in [-0.3, -0.25) is 4.90 Å². The van der Waals surface area contributed by atoms with Gasteiger partial charge in [-0.1, -0.05) is 17.7 Å². The van der Waals surface area contributed by atoms with E-state index in [9.17, 15) is 4.79 Å². The van der Waals surface area contributed by atoms with E-state index in [1.54, 1.807) is 35.4 Å². The zero-order valence-corrected chi connectivity index (χ0v) is 14.7. The van der Waals surface area contributed by atoms with Crippen molar-refractivity contribution in [1.29, 1.82) is 0 Å². The summed E-state index contributed by atoms with van der Waals surface area (Å²) in [6.45, 7) is 4.07. The highest BCUT2D eigenvalue weighted by molar-refractivity contribution is 6.30. The van der Waals surface area contributed by atoms with E-state index in [1.165, 1.54) is 0 Å². The van der Waals surface area contributed by atoms with Crippen LogP contribution in [0.5, 0.6) is 0 Å². The summed E-state index contributed by atoms with van der Waals surface area (Å²) >= 11 is 5.89. The summed E-state index contributed by atoms with van der Waals surface area (Å²) in [6.07, 6.45) is 1.66. The molecule has 0 saturated heterocycles. The molecule has 0 aliphatic carbocycles. The van der Waals surface area contributed by atoms with Crippen LogP contribution in [0.1, 0.15) is 17.1 Å². The van der Waals surface area contributed by atoms with Crippen molar-refractivity contribution in [2.24, 2.45) is 0 Å². The number of urea groups is 1. The number of aryl methyl sites for hydroxylation is 2. The molecule has 3 rings (SSSR count). The number of benzene rings is 1. The van der Waals surface area contributed by atoms with Gasteiger partial charge in [-0.2, -0.15) is 0 Å². The molecule has 128 valence electrons. The molecule has 0 bridgehead atoms. The van der Waals surface area contributed by atoms with Crippen LogP contribution >= 0.6 is 11.6 Å². The number of pyridine rings is 1. The second-order valence-electron chi connectivity index (χ2n) is 5.68. The minimum atomic E-state index is -0.293. The quantitative estimate of drug-likeness (QED) is 0.701. The normalized spacial score (nSPS) is 10.5. The number of carbonyl (C=O) groups is 1. The third-order valence-corrected chi connectivity index (χ3v) is 3.94. The molecule has 0 unspecified atom stereocenters. The summed E-state index contributed by atoms with van der Waals surface area (Å²) in [6, 6.07) is 14.1. The van der Waals surface area contributed by atoms with Crippen molar-refractivity contribution in [3.05, 3.63) is 76.8 Å². The van der Waals surface area contributed by atoms with Gasteiger partial charge in [0.2, 0.25) is 0 Å². The molecule has 25 heavy (non-hydrogen) atoms. The Balaban J connectivity index is 1.88. The molecule has 0 atom stereocenters. The van der Waals surface area contributed by atoms with Gasteiger partial charge in [0.25, 0.3) is 0 Å². The number of hydrogen-bond acceptors (Lipinski definition) is 3. The molecular weight excluding hydrogens is 338 g/mol. The monoisotopic (exact) mass is 355 g/mol. The van der Waals surface area contributed by atoms with Crippen molar-refractivity contribution in [2.75, 3.05) is 10.2 Å². The SMILES string of the molecule is Cc1ccc(CN(C(=O)Nc2ccc(Cl)cc2)c2ncccc2C)o1. The van der Waals surface area contributed by atoms with E-state index in [-0.39, 0.29) is 12.6 Å². The highest BCUT2D eigenvalue weighted by atomic mass is 35.5. The number of furan rings is 1. The van der Waals surface area contributed by atoms with Gasteiger partial charge in [-0.15, -0.1) is 0 Å². The lowest BCUT2D eigenvalue weighted by molar-refractivity contribution is 0.256. The number of carbonyl (C=O) groups excluding carboxylic acids is 1. The van der Waals surface area contributed by atoms with E-state index in [0.29, 0.717) is 22.3 Å². The predicted octanol–water partition coefficient (Wildman–Crippen LogP) is 5.18. The predicted molar refractivity (Wildman–Crippen MR) is 99.1 cm³/mol. The van der Waals surface area contributed by atoms with Crippen LogP contribution in [0.4, 0.5) is 16.3 Å². The van der Waals surface area contributed by atoms with Gasteiger partial charge in [0.05, 0.1) is 6.54 Å². The Morgan fingerprint density at radius 1 is 1.16 bits per heavy atom. The first-order valence-corrected chi connectivity index (χ1v) is 8.22. The topological polar surface area (TPSA) is 58.4 Å². The fourth-order valence-corrected chi connectivity index (χ4v) is 2.58. The second-order valence-corrected chi connectivity index (χ2v) is 6.12. The first-order chi connectivity index (χ1) is 12.0. The van der Waals surface area contributed by atoms with Gasteiger partial charge in [0, 0.05) is 16.9 Å². The highest BCUT2D eigenvalue weighted by Crippen LogP contribution is 2.22. The molecule has 2 aromatic heterocycles. The third-order valence-electron chi connectivity index (χ3n) is 3.69. The lowest BCUT2D eigenvalue weighted by Gasteiger charge is -2.22. The molecule has 0 aliphatic rings. The average Bonchev–Trinajstić information content (AvgIpc) is 3.00. The standard InChI is InChI=1S/C19H18ClN3O2/c1-13-4-3-11-21-18(13)23(12-17-10-5-14(2)25-17)19(24)22-16-8-6-15(20)7-9-16/h3-11H,12H2,1-2H3,(H,22,24). The number of anilines is 2. The maximum absolute atomic E-state index is 12.9. The molecule has 0 saturated carbocycles. The Morgan fingerprint density at radius 2 is 1.92 bits per heavy atom. The number of amides is 2. The van der Waals surface area contributed by atoms with Crippen molar-refractivity contribution in [3.8, 4) is 0 Å². The largest absolute Gasteiger partial charge is 0.464 e. The van der Waals surface area contributed by atoms with Crippen LogP contribution in [0, 0.1) is 13.8 Å². The Kier molecular flexibility index (Phi) is 5.05. The van der Waals surface area contributed by atoms with E-state index in [4.69, 9.17) is 16.0 Å². The second kappa shape index (κ2) is 7.40. The summed E-state index contributed by atoms with van der Waals surface area (Å²) in [5.41, 5.74) is 1.56. The molecule has 3 aromatic rings. The maximum atomic E-state index is 12.9. The Bertz CT molecular complexity index is 874. The third kappa shape index (κ3) is 4.19. The van der Waals surface area contributed by atoms with Crippen LogP contribution < -0.4 is 10.2 Å². The highest BCUT2D eigenvalue weighted by Gasteiger charge is 2.20. The van der Waals surface area contributed by atoms with Crippen LogP contribution in [0.2, 0.25) is 5.02 Å². The molecule has 0 fully saturated rings. The Morgan fingerprint density at radius 3 is 2.56 bits per heavy atom. The molecular formula is C19H18ClN3O2. The van der Waals surface area contributed by atoms with Gasteiger partial charge in [-0.05, 0) is 61.9 Å². The molecule has 1 aromatic carbocycles. The molecule has 0 spiro atoms. The zero-order valence-electron chi connectivity index (χ0n) is 14.0. The van der Waals surface area contributed by atoms with Gasteiger partial charge in [0.15, 0.2) is 0 Å². The summed E-state index contributed by atoms with van der Waals surface area (Å²) in [5, 5.41) is 3.48. The number of halogens is 1. The summed E-state index contributed by atoms with van der Waals surface area (Å²) in [7, 11) is 0. The summed E-state index contributed by atoms with van der Waals surface area (Å²) in [4.78, 5) is 18.8. The van der Waals surface area contributed by atoms with E-state index >= 15 is 0 Å². The zero-order chi connectivity index (χ0) is 17.8. The maximum Gasteiger partial charge on any atom is 0.327 e. The smallest absolute Gasteiger partial charge is 0.327 e. The molecule has 0 aliphatic heterocycles. The first kappa shape index (κ1) is 17.0. The van der Waals surface area contributed by atoms with Crippen molar-refractivity contribution >= 4 is 29.1 Å². The summed E-state index contributed by atoms with van der Waals surface area (Å²) in [5.74, 6) is 2.07. The van der Waals surface area contributed by atoms with Crippen LogP contribution in [-0.4, -0.2) is 11.0 Å². The Labute approximate surface area is 151 Å². The molecule has 5 nitrogen and oxygen atoms in total. The van der Waals surface area contributed by atoms with Gasteiger partial charge >= 0.3 is 6.03 Å². The number of nitrogens with zero attached hydrogens (tertiary/aromatic N) is 2. The number of rotatable bonds is 4. The van der Waals surface area contributed by atoms with Gasteiger partial charge in [-0.25, -0.2) is 9.78 Å². The molecule has 6 heteroatoms. The lowest BCUT2D eigenvalue weighted by atomic mass is 10.2. The van der Waals surface area contributed by atoms with Crippen molar-refractivity contribution < 1.29 is 9.21 Å². The summed E-state index contributed by atoms with van der Waals surface area (Å²) < 4.78 is 5.62. The first-order valence-electron chi connectivity index (χ1n) is 7.84. The molecule has 2 heterocycles. The fourth-order valence-electron chi connectivity index (χ4n) is 2.45. The minimum absolute atomic E-state index is 0.283. The average molecular weight is 356 g/mol. The fraction of sp³-hybridized carbons (Fsp3) is 0.158. The van der Waals surface area contributed by atoms with Crippen molar-refractivity contribution in [3.63, 3.8) is 0 Å². The van der Waals surface area contributed by atoms with Crippen molar-refractivity contribution in [1.82, 2.24) is 4.98 Å². The van der Waals surface area contributed by atoms with Crippen LogP contribution in [-0.2, 0) is 6.54 Å². The molecule has 2 amide bonds. The molecule has 1 N–H and O–H groups in total. The Hall–Kier alpha value is -2.79. The van der Waals surface area contributed by atoms with Crippen LogP contribution in [0.3, 0.4) is 0 Å². The van der Waals surface area contributed by atoms with Crippen molar-refractivity contribution in [2.45, 2.75) is 20.4 Å². The number of hydrogen-bond donors (Lipinski definition) is 1.